The van der Waals surface area contributed by atoms with Gasteiger partial charge in [-0.3, -0.25) is 0 Å². The summed E-state index contributed by atoms with van der Waals surface area (Å²) in [7, 11) is 0. The molecule has 1 aliphatic carbocycles. The van der Waals surface area contributed by atoms with Crippen LogP contribution in [-0.2, 0) is 9.53 Å². The second-order valence-electron chi connectivity index (χ2n) is 6.98. The Kier molecular flexibility index (Phi) is 5.85. The molecule has 0 saturated carbocycles. The molecule has 5 heteroatoms. The highest BCUT2D eigenvalue weighted by Gasteiger charge is 2.53. The Morgan fingerprint density at radius 1 is 1.35 bits per heavy atom. The van der Waals surface area contributed by atoms with E-state index in [-0.39, 0.29) is 30.4 Å². The maximum Gasteiger partial charge on any atom is 0.334 e. The zero-order valence-corrected chi connectivity index (χ0v) is 15.6. The Labute approximate surface area is 154 Å². The standard InChI is InChI=1S/C21H24N2O3/c1-5-26-20(25)17-10-16(13(2)3)19(24)21(11-22,12-23)18(17)15-9-7-6-8-14(15)4/h6-9,13,16,19,24H,5,10H2,1-4H3/t16-,19-/m0/s1. The lowest BCUT2D eigenvalue weighted by molar-refractivity contribution is -0.139. The van der Waals surface area contributed by atoms with Crippen molar-refractivity contribution < 1.29 is 14.6 Å². The molecule has 0 spiro atoms. The minimum absolute atomic E-state index is 0.00563. The molecule has 1 N–H and O–H groups in total. The molecule has 0 saturated heterocycles. The third-order valence-electron chi connectivity index (χ3n) is 5.13. The van der Waals surface area contributed by atoms with E-state index in [2.05, 4.69) is 0 Å². The number of hydrogen-bond acceptors (Lipinski definition) is 5. The number of rotatable bonds is 4. The number of aryl methyl sites for hydroxylation is 1. The van der Waals surface area contributed by atoms with E-state index < -0.39 is 17.5 Å². The third-order valence-corrected chi connectivity index (χ3v) is 5.13. The first-order valence-electron chi connectivity index (χ1n) is 8.81. The van der Waals surface area contributed by atoms with E-state index >= 15 is 0 Å². The van der Waals surface area contributed by atoms with Gasteiger partial charge in [-0.1, -0.05) is 38.1 Å². The summed E-state index contributed by atoms with van der Waals surface area (Å²) >= 11 is 0. The van der Waals surface area contributed by atoms with Gasteiger partial charge in [-0.2, -0.15) is 10.5 Å². The fourth-order valence-electron chi connectivity index (χ4n) is 3.66. The summed E-state index contributed by atoms with van der Waals surface area (Å²) in [6.07, 6.45) is -0.919. The second-order valence-corrected chi connectivity index (χ2v) is 6.98. The first kappa shape index (κ1) is 19.7. The van der Waals surface area contributed by atoms with Gasteiger partial charge in [0.1, 0.15) is 0 Å². The van der Waals surface area contributed by atoms with E-state index in [9.17, 15) is 20.4 Å². The summed E-state index contributed by atoms with van der Waals surface area (Å²) in [5.41, 5.74) is 0.229. The number of carbonyl (C=O) groups is 1. The summed E-state index contributed by atoms with van der Waals surface area (Å²) in [6.45, 7) is 7.59. The van der Waals surface area contributed by atoms with E-state index in [1.807, 2.05) is 45.0 Å². The minimum atomic E-state index is -1.82. The molecule has 26 heavy (non-hydrogen) atoms. The fraction of sp³-hybridized carbons (Fsp3) is 0.476. The molecule has 0 aromatic heterocycles. The van der Waals surface area contributed by atoms with Crippen LogP contribution >= 0.6 is 0 Å². The Morgan fingerprint density at radius 2 is 1.96 bits per heavy atom. The van der Waals surface area contributed by atoms with Crippen LogP contribution in [0.1, 0.15) is 38.3 Å². The lowest BCUT2D eigenvalue weighted by atomic mass is 9.61. The molecule has 2 rings (SSSR count). The van der Waals surface area contributed by atoms with Crippen LogP contribution in [-0.4, -0.2) is 23.8 Å². The molecule has 0 aliphatic heterocycles. The Balaban J connectivity index is 2.88. The van der Waals surface area contributed by atoms with Gasteiger partial charge in [0.2, 0.25) is 0 Å². The first-order chi connectivity index (χ1) is 12.3. The predicted octanol–water partition coefficient (Wildman–Crippen LogP) is 3.38. The van der Waals surface area contributed by atoms with Crippen molar-refractivity contribution in [3.63, 3.8) is 0 Å². The molecule has 0 unspecified atom stereocenters. The maximum atomic E-state index is 12.7. The van der Waals surface area contributed by atoms with E-state index in [1.54, 1.807) is 19.1 Å². The van der Waals surface area contributed by atoms with Gasteiger partial charge in [0, 0.05) is 11.1 Å². The fourth-order valence-corrected chi connectivity index (χ4v) is 3.66. The minimum Gasteiger partial charge on any atom is -0.463 e. The summed E-state index contributed by atoms with van der Waals surface area (Å²) in [5.74, 6) is -0.923. The zero-order chi connectivity index (χ0) is 19.5. The Morgan fingerprint density at radius 3 is 2.46 bits per heavy atom. The lowest BCUT2D eigenvalue weighted by Gasteiger charge is -2.41. The largest absolute Gasteiger partial charge is 0.463 e. The average Bonchev–Trinajstić information content (AvgIpc) is 2.62. The smallest absolute Gasteiger partial charge is 0.334 e. The number of carbonyl (C=O) groups excluding carboxylic acids is 1. The highest BCUT2D eigenvalue weighted by atomic mass is 16.5. The van der Waals surface area contributed by atoms with Crippen molar-refractivity contribution in [2.45, 2.75) is 40.2 Å². The average molecular weight is 352 g/mol. The van der Waals surface area contributed by atoms with E-state index in [0.29, 0.717) is 11.1 Å². The zero-order valence-electron chi connectivity index (χ0n) is 15.6. The summed E-state index contributed by atoms with van der Waals surface area (Å²) in [4.78, 5) is 12.7. The molecule has 1 aromatic rings. The van der Waals surface area contributed by atoms with Crippen molar-refractivity contribution in [3.8, 4) is 12.1 Å². The maximum absolute atomic E-state index is 12.7. The van der Waals surface area contributed by atoms with Gasteiger partial charge in [0.15, 0.2) is 5.41 Å². The lowest BCUT2D eigenvalue weighted by Crippen LogP contribution is -2.46. The number of aliphatic hydroxyl groups excluding tert-OH is 1. The molecule has 0 bridgehead atoms. The predicted molar refractivity (Wildman–Crippen MR) is 97.3 cm³/mol. The van der Waals surface area contributed by atoms with Gasteiger partial charge in [0.25, 0.3) is 0 Å². The van der Waals surface area contributed by atoms with E-state index in [0.717, 1.165) is 5.56 Å². The van der Waals surface area contributed by atoms with Gasteiger partial charge < -0.3 is 9.84 Å². The number of benzene rings is 1. The molecule has 2 atom stereocenters. The van der Waals surface area contributed by atoms with Crippen LogP contribution < -0.4 is 0 Å². The molecule has 136 valence electrons. The van der Waals surface area contributed by atoms with Crippen molar-refractivity contribution in [1.29, 1.82) is 10.5 Å². The van der Waals surface area contributed by atoms with Crippen LogP contribution in [0.5, 0.6) is 0 Å². The van der Waals surface area contributed by atoms with Gasteiger partial charge in [-0.05, 0) is 43.2 Å². The second kappa shape index (κ2) is 7.72. The van der Waals surface area contributed by atoms with Crippen LogP contribution in [0.25, 0.3) is 5.57 Å². The summed E-state index contributed by atoms with van der Waals surface area (Å²) < 4.78 is 5.22. The number of nitriles is 2. The molecular weight excluding hydrogens is 328 g/mol. The van der Waals surface area contributed by atoms with Crippen LogP contribution in [0.2, 0.25) is 0 Å². The highest BCUT2D eigenvalue weighted by molar-refractivity contribution is 6.01. The molecule has 5 nitrogen and oxygen atoms in total. The first-order valence-corrected chi connectivity index (χ1v) is 8.81. The highest BCUT2D eigenvalue weighted by Crippen LogP contribution is 2.50. The van der Waals surface area contributed by atoms with Gasteiger partial charge in [-0.25, -0.2) is 4.79 Å². The number of aliphatic hydroxyl groups is 1. The molecule has 0 fully saturated rings. The molecule has 1 aliphatic rings. The van der Waals surface area contributed by atoms with Crippen molar-refractivity contribution in [2.24, 2.45) is 17.3 Å². The van der Waals surface area contributed by atoms with Crippen LogP contribution in [0.3, 0.4) is 0 Å². The van der Waals surface area contributed by atoms with Crippen molar-refractivity contribution >= 4 is 11.5 Å². The number of nitrogens with zero attached hydrogens (tertiary/aromatic N) is 2. The number of hydrogen-bond donors (Lipinski definition) is 1. The van der Waals surface area contributed by atoms with Crippen LogP contribution in [0, 0.1) is 46.8 Å². The van der Waals surface area contributed by atoms with Crippen LogP contribution in [0.4, 0.5) is 0 Å². The molecule has 0 amide bonds. The Hall–Kier alpha value is -2.63. The molecule has 1 aromatic carbocycles. The van der Waals surface area contributed by atoms with Gasteiger partial charge in [-0.15, -0.1) is 0 Å². The van der Waals surface area contributed by atoms with Gasteiger partial charge >= 0.3 is 5.97 Å². The summed E-state index contributed by atoms with van der Waals surface area (Å²) in [6, 6.07) is 11.3. The molecular formula is C21H24N2O3. The third kappa shape index (κ3) is 3.11. The molecule has 0 radical (unpaired) electrons. The molecule has 0 heterocycles. The quantitative estimate of drug-likeness (QED) is 0.838. The number of ether oxygens (including phenoxy) is 1. The van der Waals surface area contributed by atoms with Crippen molar-refractivity contribution in [2.75, 3.05) is 6.61 Å². The van der Waals surface area contributed by atoms with Crippen molar-refractivity contribution in [3.05, 3.63) is 41.0 Å². The number of esters is 1. The topological polar surface area (TPSA) is 94.1 Å². The van der Waals surface area contributed by atoms with Gasteiger partial charge in [0.05, 0.1) is 24.8 Å². The summed E-state index contributed by atoms with van der Waals surface area (Å²) in [5, 5.41) is 30.9. The van der Waals surface area contributed by atoms with E-state index in [4.69, 9.17) is 4.74 Å². The van der Waals surface area contributed by atoms with E-state index in [1.165, 1.54) is 0 Å². The SMILES string of the molecule is CCOC(=O)C1=C(c2ccccc2C)C(C#N)(C#N)[C@@H](O)[C@H](C(C)C)C1. The normalized spacial score (nSPS) is 21.8. The van der Waals surface area contributed by atoms with Crippen molar-refractivity contribution in [1.82, 2.24) is 0 Å². The monoisotopic (exact) mass is 352 g/mol. The van der Waals surface area contributed by atoms with Crippen LogP contribution in [0.15, 0.2) is 29.8 Å². The Bertz CT molecular complexity index is 797.